The van der Waals surface area contributed by atoms with Crippen molar-refractivity contribution in [3.05, 3.63) is 52.2 Å². The van der Waals surface area contributed by atoms with Crippen molar-refractivity contribution in [2.24, 2.45) is 5.73 Å². The second-order valence-electron chi connectivity index (χ2n) is 5.11. The molecule has 0 amide bonds. The lowest BCUT2D eigenvalue weighted by molar-refractivity contribution is 1.23. The number of pyridine rings is 1. The lowest BCUT2D eigenvalue weighted by Gasteiger charge is -2.16. The molecule has 0 atom stereocenters. The van der Waals surface area contributed by atoms with Gasteiger partial charge >= 0.3 is 0 Å². The van der Waals surface area contributed by atoms with Gasteiger partial charge in [0.25, 0.3) is 0 Å². The number of benzene rings is 1. The van der Waals surface area contributed by atoms with E-state index < -0.39 is 0 Å². The van der Waals surface area contributed by atoms with Crippen molar-refractivity contribution in [2.75, 3.05) is 5.32 Å². The van der Waals surface area contributed by atoms with Crippen molar-refractivity contribution >= 4 is 28.7 Å². The molecule has 0 saturated carbocycles. The SMILES string of the molecule is Cc1cc(C)c(Nc2nccc(C)c2C(N)=S)c(C)c1. The summed E-state index contributed by atoms with van der Waals surface area (Å²) in [6.45, 7) is 8.24. The Bertz CT molecular complexity index is 654. The van der Waals surface area contributed by atoms with Crippen molar-refractivity contribution in [3.63, 3.8) is 0 Å². The van der Waals surface area contributed by atoms with Gasteiger partial charge in [0.1, 0.15) is 10.8 Å². The topological polar surface area (TPSA) is 50.9 Å². The highest BCUT2D eigenvalue weighted by Crippen LogP contribution is 2.27. The molecule has 3 nitrogen and oxygen atoms in total. The molecule has 20 heavy (non-hydrogen) atoms. The highest BCUT2D eigenvalue weighted by molar-refractivity contribution is 7.80. The average Bonchev–Trinajstić information content (AvgIpc) is 2.33. The minimum absolute atomic E-state index is 0.362. The van der Waals surface area contributed by atoms with Crippen LogP contribution in [0.25, 0.3) is 0 Å². The molecule has 0 bridgehead atoms. The summed E-state index contributed by atoms with van der Waals surface area (Å²) >= 11 is 5.14. The normalized spacial score (nSPS) is 10.4. The Morgan fingerprint density at radius 2 is 1.70 bits per heavy atom. The average molecular weight is 285 g/mol. The molecule has 1 aromatic carbocycles. The van der Waals surface area contributed by atoms with E-state index in [0.29, 0.717) is 10.8 Å². The highest BCUT2D eigenvalue weighted by atomic mass is 32.1. The summed E-state index contributed by atoms with van der Waals surface area (Å²) in [5.41, 5.74) is 12.3. The maximum absolute atomic E-state index is 5.82. The van der Waals surface area contributed by atoms with Gasteiger partial charge in [-0.2, -0.15) is 0 Å². The third kappa shape index (κ3) is 2.80. The summed E-state index contributed by atoms with van der Waals surface area (Å²) in [4.78, 5) is 4.74. The number of hydrogen-bond donors (Lipinski definition) is 2. The summed E-state index contributed by atoms with van der Waals surface area (Å²) in [5, 5.41) is 3.38. The first-order valence-electron chi connectivity index (χ1n) is 6.50. The van der Waals surface area contributed by atoms with Gasteiger partial charge in [0.15, 0.2) is 0 Å². The first kappa shape index (κ1) is 14.5. The van der Waals surface area contributed by atoms with Gasteiger partial charge in [0, 0.05) is 11.9 Å². The second kappa shape index (κ2) is 5.59. The number of anilines is 2. The third-order valence-electron chi connectivity index (χ3n) is 3.33. The summed E-state index contributed by atoms with van der Waals surface area (Å²) in [6.07, 6.45) is 1.76. The highest BCUT2D eigenvalue weighted by Gasteiger charge is 2.12. The number of aromatic nitrogens is 1. The summed E-state index contributed by atoms with van der Waals surface area (Å²) < 4.78 is 0. The van der Waals surface area contributed by atoms with Gasteiger partial charge in [-0.05, 0) is 50.5 Å². The number of nitrogens with zero attached hydrogens (tertiary/aromatic N) is 1. The number of aryl methyl sites for hydroxylation is 4. The van der Waals surface area contributed by atoms with E-state index in [1.54, 1.807) is 6.20 Å². The van der Waals surface area contributed by atoms with E-state index >= 15 is 0 Å². The Hall–Kier alpha value is -1.94. The molecule has 0 aliphatic rings. The van der Waals surface area contributed by atoms with Crippen molar-refractivity contribution in [1.29, 1.82) is 0 Å². The van der Waals surface area contributed by atoms with Gasteiger partial charge in [-0.3, -0.25) is 0 Å². The van der Waals surface area contributed by atoms with Crippen LogP contribution in [0.5, 0.6) is 0 Å². The molecule has 0 saturated heterocycles. The number of rotatable bonds is 3. The number of thiocarbonyl (C=S) groups is 1. The fourth-order valence-electron chi connectivity index (χ4n) is 2.46. The summed E-state index contributed by atoms with van der Waals surface area (Å²) in [6, 6.07) is 6.20. The molecule has 3 N–H and O–H groups in total. The Kier molecular flexibility index (Phi) is 4.04. The number of hydrogen-bond acceptors (Lipinski definition) is 3. The van der Waals surface area contributed by atoms with Crippen molar-refractivity contribution in [3.8, 4) is 0 Å². The minimum atomic E-state index is 0.362. The van der Waals surface area contributed by atoms with Gasteiger partial charge in [-0.25, -0.2) is 4.98 Å². The first-order chi connectivity index (χ1) is 9.40. The van der Waals surface area contributed by atoms with Crippen LogP contribution in [0.3, 0.4) is 0 Å². The number of nitrogens with one attached hydrogen (secondary N) is 1. The summed E-state index contributed by atoms with van der Waals surface area (Å²) in [5.74, 6) is 0.715. The molecule has 104 valence electrons. The van der Waals surface area contributed by atoms with Crippen LogP contribution in [0.4, 0.5) is 11.5 Å². The van der Waals surface area contributed by atoms with E-state index in [4.69, 9.17) is 18.0 Å². The Labute approximate surface area is 125 Å². The Balaban J connectivity index is 2.51. The first-order valence-corrected chi connectivity index (χ1v) is 6.91. The van der Waals surface area contributed by atoms with Crippen molar-refractivity contribution in [1.82, 2.24) is 4.98 Å². The molecular formula is C16H19N3S. The third-order valence-corrected chi connectivity index (χ3v) is 3.53. The van der Waals surface area contributed by atoms with Gasteiger partial charge in [0.05, 0.1) is 5.56 Å². The molecule has 0 aliphatic heterocycles. The molecule has 4 heteroatoms. The van der Waals surface area contributed by atoms with Crippen molar-refractivity contribution < 1.29 is 0 Å². The fraction of sp³-hybridized carbons (Fsp3) is 0.250. The predicted octanol–water partition coefficient (Wildman–Crippen LogP) is 3.69. The smallest absolute Gasteiger partial charge is 0.140 e. The van der Waals surface area contributed by atoms with Gasteiger partial charge in [-0.15, -0.1) is 0 Å². The molecule has 0 spiro atoms. The monoisotopic (exact) mass is 285 g/mol. The molecule has 0 aliphatic carbocycles. The van der Waals surface area contributed by atoms with Crippen LogP contribution in [0.1, 0.15) is 27.8 Å². The standard InChI is InChI=1S/C16H19N3S/c1-9-7-11(3)14(12(4)8-9)19-16-13(15(17)20)10(2)5-6-18-16/h5-8H,1-4H3,(H2,17,20)(H,18,19). The fourth-order valence-corrected chi connectivity index (χ4v) is 2.72. The van der Waals surface area contributed by atoms with Crippen LogP contribution < -0.4 is 11.1 Å². The molecule has 1 aromatic heterocycles. The molecule has 2 aromatic rings. The van der Waals surface area contributed by atoms with Gasteiger partial charge in [0.2, 0.25) is 0 Å². The Morgan fingerprint density at radius 1 is 1.10 bits per heavy atom. The van der Waals surface area contributed by atoms with Crippen molar-refractivity contribution in [2.45, 2.75) is 27.7 Å². The zero-order valence-corrected chi connectivity index (χ0v) is 13.1. The number of nitrogens with two attached hydrogens (primary N) is 1. The largest absolute Gasteiger partial charge is 0.389 e. The second-order valence-corrected chi connectivity index (χ2v) is 5.55. The van der Waals surface area contributed by atoms with Crippen LogP contribution in [-0.2, 0) is 0 Å². The molecule has 0 unspecified atom stereocenters. The maximum Gasteiger partial charge on any atom is 0.140 e. The van der Waals surface area contributed by atoms with Crippen LogP contribution in [0, 0.1) is 27.7 Å². The molecule has 0 fully saturated rings. The molecule has 1 heterocycles. The van der Waals surface area contributed by atoms with Gasteiger partial charge < -0.3 is 11.1 Å². The Morgan fingerprint density at radius 3 is 2.25 bits per heavy atom. The minimum Gasteiger partial charge on any atom is -0.389 e. The maximum atomic E-state index is 5.82. The van der Waals surface area contributed by atoms with E-state index in [1.165, 1.54) is 16.7 Å². The zero-order chi connectivity index (χ0) is 14.9. The lowest BCUT2D eigenvalue weighted by atomic mass is 10.0. The quantitative estimate of drug-likeness (QED) is 0.844. The van der Waals surface area contributed by atoms with Crippen LogP contribution in [0.2, 0.25) is 0 Å². The lowest BCUT2D eigenvalue weighted by Crippen LogP contribution is -2.15. The van der Waals surface area contributed by atoms with Crippen LogP contribution in [0.15, 0.2) is 24.4 Å². The molecule has 0 radical (unpaired) electrons. The predicted molar refractivity (Wildman–Crippen MR) is 88.8 cm³/mol. The zero-order valence-electron chi connectivity index (χ0n) is 12.2. The van der Waals surface area contributed by atoms with E-state index in [1.807, 2.05) is 13.0 Å². The molecule has 2 rings (SSSR count). The van der Waals surface area contributed by atoms with Crippen LogP contribution in [-0.4, -0.2) is 9.97 Å². The van der Waals surface area contributed by atoms with E-state index in [0.717, 1.165) is 16.8 Å². The van der Waals surface area contributed by atoms with E-state index in [2.05, 4.69) is 43.2 Å². The van der Waals surface area contributed by atoms with Gasteiger partial charge in [-0.1, -0.05) is 29.9 Å². The molecular weight excluding hydrogens is 266 g/mol. The summed E-state index contributed by atoms with van der Waals surface area (Å²) in [7, 11) is 0. The van der Waals surface area contributed by atoms with E-state index in [9.17, 15) is 0 Å². The van der Waals surface area contributed by atoms with E-state index in [-0.39, 0.29) is 0 Å². The van der Waals surface area contributed by atoms with Crippen LogP contribution >= 0.6 is 12.2 Å².